The van der Waals surface area contributed by atoms with Gasteiger partial charge in [0.1, 0.15) is 5.82 Å². The first kappa shape index (κ1) is 14.3. The number of amides is 1. The van der Waals surface area contributed by atoms with Gasteiger partial charge in [0.2, 0.25) is 0 Å². The lowest BCUT2D eigenvalue weighted by molar-refractivity contribution is 0.0942. The second-order valence-corrected chi connectivity index (χ2v) is 5.57. The topological polar surface area (TPSA) is 101 Å². The normalized spacial score (nSPS) is 11.2. The van der Waals surface area contributed by atoms with Crippen LogP contribution in [-0.4, -0.2) is 35.7 Å². The van der Waals surface area contributed by atoms with Crippen LogP contribution in [0.5, 0.6) is 0 Å². The van der Waals surface area contributed by atoms with Gasteiger partial charge >= 0.3 is 0 Å². The minimum absolute atomic E-state index is 0.252. The molecule has 0 aliphatic carbocycles. The molecule has 120 valence electrons. The van der Waals surface area contributed by atoms with Crippen LogP contribution in [0.1, 0.15) is 27.7 Å². The molecule has 0 radical (unpaired) electrons. The Morgan fingerprint density at radius 1 is 1.25 bits per heavy atom. The maximum absolute atomic E-state index is 12.4. The lowest BCUT2D eigenvalue weighted by Gasteiger charge is -2.06. The van der Waals surface area contributed by atoms with Gasteiger partial charge in [0.25, 0.3) is 5.91 Å². The van der Waals surface area contributed by atoms with Crippen LogP contribution in [0.4, 0.5) is 0 Å². The zero-order chi connectivity index (χ0) is 16.7. The molecule has 0 saturated heterocycles. The Labute approximate surface area is 136 Å². The monoisotopic (exact) mass is 321 g/mol. The van der Waals surface area contributed by atoms with E-state index in [1.165, 1.54) is 0 Å². The van der Waals surface area contributed by atoms with Gasteiger partial charge in [-0.2, -0.15) is 5.10 Å². The summed E-state index contributed by atoms with van der Waals surface area (Å²) in [7, 11) is 0. The van der Waals surface area contributed by atoms with Crippen LogP contribution in [-0.2, 0) is 6.54 Å². The Balaban J connectivity index is 1.56. The van der Waals surface area contributed by atoms with E-state index in [0.29, 0.717) is 17.2 Å². The molecule has 1 amide bonds. The first-order chi connectivity index (χ1) is 11.6. The predicted octanol–water partition coefficient (Wildman–Crippen LogP) is 1.55. The summed E-state index contributed by atoms with van der Waals surface area (Å²) in [5.41, 5.74) is 4.15. The van der Waals surface area contributed by atoms with Gasteiger partial charge in [-0.3, -0.25) is 4.79 Å². The molecule has 0 saturated carbocycles. The summed E-state index contributed by atoms with van der Waals surface area (Å²) in [5.74, 6) is 0.377. The number of carbonyl (C=O) groups excluding carboxylic acids is 1. The molecule has 3 aromatic heterocycles. The summed E-state index contributed by atoms with van der Waals surface area (Å²) >= 11 is 0. The molecular weight excluding hydrogens is 306 g/mol. The molecule has 8 heteroatoms. The molecule has 24 heavy (non-hydrogen) atoms. The van der Waals surface area contributed by atoms with Crippen molar-refractivity contribution in [1.82, 2.24) is 35.1 Å². The number of hydrogen-bond acceptors (Lipinski definition) is 5. The highest BCUT2D eigenvalue weighted by atomic mass is 16.1. The fraction of sp³-hybridized carbons (Fsp3) is 0.188. The predicted molar refractivity (Wildman–Crippen MR) is 87.5 cm³/mol. The highest BCUT2D eigenvalue weighted by Crippen LogP contribution is 2.11. The molecule has 3 heterocycles. The van der Waals surface area contributed by atoms with E-state index in [4.69, 9.17) is 0 Å². The number of imidazole rings is 1. The Bertz CT molecular complexity index is 1030. The van der Waals surface area contributed by atoms with Crippen LogP contribution in [0.3, 0.4) is 0 Å². The van der Waals surface area contributed by atoms with Gasteiger partial charge in [-0.1, -0.05) is 12.1 Å². The van der Waals surface area contributed by atoms with Gasteiger partial charge < -0.3 is 10.3 Å². The number of carbonyl (C=O) groups is 1. The fourth-order valence-electron chi connectivity index (χ4n) is 2.62. The molecule has 4 aromatic rings. The molecule has 2 N–H and O–H groups in total. The first-order valence-electron chi connectivity index (χ1n) is 7.53. The highest BCUT2D eigenvalue weighted by Gasteiger charge is 2.16. The molecule has 0 bridgehead atoms. The van der Waals surface area contributed by atoms with Crippen LogP contribution in [0.2, 0.25) is 0 Å². The SMILES string of the molecule is Cc1cc2nnc(C(=O)NCc3nc4ccccc4[nH]3)c(C)n2n1. The lowest BCUT2D eigenvalue weighted by atomic mass is 10.3. The Kier molecular flexibility index (Phi) is 3.23. The number of nitrogens with one attached hydrogen (secondary N) is 2. The van der Waals surface area contributed by atoms with Crippen LogP contribution in [0.15, 0.2) is 30.3 Å². The molecule has 0 spiro atoms. The maximum atomic E-state index is 12.4. The summed E-state index contributed by atoms with van der Waals surface area (Å²) in [4.78, 5) is 20.0. The van der Waals surface area contributed by atoms with Crippen molar-refractivity contribution >= 4 is 22.6 Å². The second kappa shape index (κ2) is 5.41. The smallest absolute Gasteiger partial charge is 0.274 e. The van der Waals surface area contributed by atoms with E-state index >= 15 is 0 Å². The van der Waals surface area contributed by atoms with Gasteiger partial charge in [-0.25, -0.2) is 9.50 Å². The van der Waals surface area contributed by atoms with E-state index < -0.39 is 0 Å². The zero-order valence-electron chi connectivity index (χ0n) is 13.2. The molecule has 1 aromatic carbocycles. The average Bonchev–Trinajstić information content (AvgIpc) is 3.15. The fourth-order valence-corrected chi connectivity index (χ4v) is 2.62. The summed E-state index contributed by atoms with van der Waals surface area (Å²) in [6, 6.07) is 9.53. The van der Waals surface area contributed by atoms with Crippen molar-refractivity contribution in [3.63, 3.8) is 0 Å². The molecular formula is C16H15N7O. The molecule has 8 nitrogen and oxygen atoms in total. The largest absolute Gasteiger partial charge is 0.343 e. The van der Waals surface area contributed by atoms with E-state index in [0.717, 1.165) is 16.7 Å². The molecule has 0 aliphatic rings. The molecule has 0 fully saturated rings. The van der Waals surface area contributed by atoms with E-state index in [-0.39, 0.29) is 18.1 Å². The highest BCUT2D eigenvalue weighted by molar-refractivity contribution is 5.93. The summed E-state index contributed by atoms with van der Waals surface area (Å²) in [6.07, 6.45) is 0. The summed E-state index contributed by atoms with van der Waals surface area (Å²) in [5, 5.41) is 15.2. The lowest BCUT2D eigenvalue weighted by Crippen LogP contribution is -2.26. The van der Waals surface area contributed by atoms with E-state index in [9.17, 15) is 4.79 Å². The van der Waals surface area contributed by atoms with Crippen molar-refractivity contribution in [2.75, 3.05) is 0 Å². The number of fused-ring (bicyclic) bond motifs is 2. The van der Waals surface area contributed by atoms with Crippen molar-refractivity contribution in [3.8, 4) is 0 Å². The van der Waals surface area contributed by atoms with Gasteiger partial charge in [-0.05, 0) is 26.0 Å². The number of nitrogens with zero attached hydrogens (tertiary/aromatic N) is 5. The maximum Gasteiger partial charge on any atom is 0.274 e. The standard InChI is InChI=1S/C16H15N7O/c1-9-7-14-20-21-15(10(2)23(14)22-9)16(24)17-8-13-18-11-5-3-4-6-12(11)19-13/h3-7H,8H2,1-2H3,(H,17,24)(H,18,19). The average molecular weight is 321 g/mol. The Morgan fingerprint density at radius 2 is 2.08 bits per heavy atom. The number of aryl methyl sites for hydroxylation is 2. The van der Waals surface area contributed by atoms with Gasteiger partial charge in [0.05, 0.1) is 29.0 Å². The number of H-pyrrole nitrogens is 1. The summed E-state index contributed by atoms with van der Waals surface area (Å²) in [6.45, 7) is 3.95. The van der Waals surface area contributed by atoms with Gasteiger partial charge in [-0.15, -0.1) is 10.2 Å². The van der Waals surface area contributed by atoms with E-state index in [2.05, 4.69) is 30.6 Å². The zero-order valence-corrected chi connectivity index (χ0v) is 13.2. The second-order valence-electron chi connectivity index (χ2n) is 5.57. The molecule has 4 rings (SSSR count). The first-order valence-corrected chi connectivity index (χ1v) is 7.53. The Hall–Kier alpha value is -3.29. The summed E-state index contributed by atoms with van der Waals surface area (Å²) < 4.78 is 1.62. The van der Waals surface area contributed by atoms with Crippen molar-refractivity contribution in [2.24, 2.45) is 0 Å². The minimum atomic E-state index is -0.310. The third-order valence-electron chi connectivity index (χ3n) is 3.80. The number of benzene rings is 1. The number of para-hydroxylation sites is 2. The van der Waals surface area contributed by atoms with Gasteiger partial charge in [0.15, 0.2) is 11.3 Å². The molecule has 0 unspecified atom stereocenters. The molecule has 0 atom stereocenters. The van der Waals surface area contributed by atoms with Crippen molar-refractivity contribution in [2.45, 2.75) is 20.4 Å². The van der Waals surface area contributed by atoms with Crippen molar-refractivity contribution < 1.29 is 4.79 Å². The Morgan fingerprint density at radius 3 is 2.92 bits per heavy atom. The number of hydrogen-bond donors (Lipinski definition) is 2. The van der Waals surface area contributed by atoms with Crippen LogP contribution < -0.4 is 5.32 Å². The van der Waals surface area contributed by atoms with Crippen molar-refractivity contribution in [3.05, 3.63) is 53.2 Å². The van der Waals surface area contributed by atoms with Crippen molar-refractivity contribution in [1.29, 1.82) is 0 Å². The third kappa shape index (κ3) is 2.37. The quantitative estimate of drug-likeness (QED) is 0.596. The number of rotatable bonds is 3. The number of aromatic nitrogens is 6. The minimum Gasteiger partial charge on any atom is -0.343 e. The van der Waals surface area contributed by atoms with E-state index in [1.54, 1.807) is 11.4 Å². The van der Waals surface area contributed by atoms with Crippen LogP contribution >= 0.6 is 0 Å². The molecule has 0 aliphatic heterocycles. The van der Waals surface area contributed by atoms with Crippen LogP contribution in [0.25, 0.3) is 16.7 Å². The van der Waals surface area contributed by atoms with E-state index in [1.807, 2.05) is 37.3 Å². The number of aromatic amines is 1. The van der Waals surface area contributed by atoms with Gasteiger partial charge in [0, 0.05) is 6.07 Å². The third-order valence-corrected chi connectivity index (χ3v) is 3.80. The van der Waals surface area contributed by atoms with Crippen LogP contribution in [0, 0.1) is 13.8 Å².